The van der Waals surface area contributed by atoms with Gasteiger partial charge in [-0.15, -0.1) is 5.10 Å². The number of ether oxygens (including phenoxy) is 2. The highest BCUT2D eigenvalue weighted by atomic mass is 19.1. The summed E-state index contributed by atoms with van der Waals surface area (Å²) in [5, 5.41) is 12.3. The second kappa shape index (κ2) is 11.6. The first-order valence-electron chi connectivity index (χ1n) is 12.2. The zero-order valence-electron chi connectivity index (χ0n) is 21.1. The summed E-state index contributed by atoms with van der Waals surface area (Å²) in [5.41, 5.74) is 4.46. The lowest BCUT2D eigenvalue weighted by atomic mass is 10.1. The number of rotatable bonds is 10. The van der Waals surface area contributed by atoms with Crippen LogP contribution in [0.3, 0.4) is 0 Å². The van der Waals surface area contributed by atoms with Crippen LogP contribution < -0.4 is 10.1 Å². The Morgan fingerprint density at radius 1 is 0.921 bits per heavy atom. The number of benzene rings is 3. The molecule has 0 aliphatic rings. The first-order valence-corrected chi connectivity index (χ1v) is 12.2. The summed E-state index contributed by atoms with van der Waals surface area (Å²) in [6.07, 6.45) is 1.70. The summed E-state index contributed by atoms with van der Waals surface area (Å²) in [7, 11) is 1.63. The summed E-state index contributed by atoms with van der Waals surface area (Å²) < 4.78 is 26.1. The van der Waals surface area contributed by atoms with Gasteiger partial charge in [0.2, 0.25) is 5.95 Å². The van der Waals surface area contributed by atoms with E-state index in [2.05, 4.69) is 39.7 Å². The van der Waals surface area contributed by atoms with Crippen LogP contribution in [-0.4, -0.2) is 45.3 Å². The molecular weight excluding hydrogens is 483 g/mol. The van der Waals surface area contributed by atoms with Gasteiger partial charge in [0.25, 0.3) is 0 Å². The van der Waals surface area contributed by atoms with Crippen molar-refractivity contribution in [1.29, 1.82) is 0 Å². The van der Waals surface area contributed by atoms with Crippen LogP contribution in [0.15, 0.2) is 91.1 Å². The van der Waals surface area contributed by atoms with Crippen LogP contribution in [0.4, 0.5) is 10.3 Å². The van der Waals surface area contributed by atoms with Gasteiger partial charge >= 0.3 is 0 Å². The summed E-state index contributed by atoms with van der Waals surface area (Å²) in [6.45, 7) is 3.01. The normalized spacial score (nSPS) is 11.8. The fourth-order valence-corrected chi connectivity index (χ4v) is 4.00. The van der Waals surface area contributed by atoms with E-state index in [1.54, 1.807) is 30.1 Å². The Morgan fingerprint density at radius 2 is 1.68 bits per heavy atom. The molecule has 2 aromatic heterocycles. The summed E-state index contributed by atoms with van der Waals surface area (Å²) >= 11 is 0. The van der Waals surface area contributed by atoms with Gasteiger partial charge in [-0.25, -0.2) is 19.0 Å². The molecule has 1 N–H and O–H groups in total. The first kappa shape index (κ1) is 25.0. The van der Waals surface area contributed by atoms with Gasteiger partial charge < -0.3 is 14.8 Å². The van der Waals surface area contributed by atoms with Gasteiger partial charge in [0, 0.05) is 18.9 Å². The minimum absolute atomic E-state index is 0.00305. The molecule has 0 fully saturated rings. The molecule has 0 spiro atoms. The first-order chi connectivity index (χ1) is 18.6. The van der Waals surface area contributed by atoms with E-state index < -0.39 is 0 Å². The van der Waals surface area contributed by atoms with Gasteiger partial charge in [-0.3, -0.25) is 0 Å². The van der Waals surface area contributed by atoms with E-state index in [-0.39, 0.29) is 11.9 Å². The minimum Gasteiger partial charge on any atom is -0.491 e. The minimum atomic E-state index is -0.324. The van der Waals surface area contributed by atoms with Crippen LogP contribution in [0.2, 0.25) is 0 Å². The molecule has 9 heteroatoms. The second-order valence-corrected chi connectivity index (χ2v) is 8.58. The third kappa shape index (κ3) is 5.68. The maximum absolute atomic E-state index is 13.7. The molecule has 1 atom stereocenters. The quantitative estimate of drug-likeness (QED) is 0.240. The number of hydrogen-bond acceptors (Lipinski definition) is 7. The van der Waals surface area contributed by atoms with E-state index in [9.17, 15) is 4.39 Å². The Balaban J connectivity index is 1.52. The molecule has 0 bridgehead atoms. The number of aromatic nitrogens is 5. The molecule has 38 heavy (non-hydrogen) atoms. The fraction of sp³-hybridized carbons (Fsp3) is 0.172. The molecule has 192 valence electrons. The molecule has 0 aliphatic heterocycles. The Kier molecular flexibility index (Phi) is 7.65. The maximum Gasteiger partial charge on any atom is 0.223 e. The van der Waals surface area contributed by atoms with Gasteiger partial charge in [0.05, 0.1) is 24.0 Å². The average molecular weight is 511 g/mol. The summed E-state index contributed by atoms with van der Waals surface area (Å²) in [4.78, 5) is 9.23. The molecule has 5 aromatic rings. The van der Waals surface area contributed by atoms with Crippen LogP contribution in [0.5, 0.6) is 5.75 Å². The Morgan fingerprint density at radius 3 is 2.42 bits per heavy atom. The van der Waals surface area contributed by atoms with Gasteiger partial charge in [0.15, 0.2) is 0 Å². The van der Waals surface area contributed by atoms with Crippen LogP contribution in [-0.2, 0) is 4.74 Å². The maximum atomic E-state index is 13.7. The molecule has 0 saturated carbocycles. The molecule has 0 saturated heterocycles. The Hall–Kier alpha value is -4.63. The van der Waals surface area contributed by atoms with Crippen LogP contribution in [0.25, 0.3) is 28.3 Å². The fourth-order valence-electron chi connectivity index (χ4n) is 4.00. The summed E-state index contributed by atoms with van der Waals surface area (Å²) in [5.74, 6) is 0.864. The van der Waals surface area contributed by atoms with Crippen molar-refractivity contribution in [3.63, 3.8) is 0 Å². The van der Waals surface area contributed by atoms with Crippen LogP contribution >= 0.6 is 0 Å². The number of nitrogens with one attached hydrogen (secondary N) is 1. The standard InChI is InChI=1S/C29H27FN6O2/c1-20(21-6-4-3-5-7-21)32-29-31-17-16-26(33-29)28-27(22-8-10-23(30)11-9-22)34-35-36(28)24-12-14-25(15-13-24)38-19-18-37-2/h3-17,20H,18-19H2,1-2H3,(H,31,32,33). The van der Waals surface area contributed by atoms with Crippen molar-refractivity contribution in [3.05, 3.63) is 103 Å². The molecule has 5 rings (SSSR count). The third-order valence-corrected chi connectivity index (χ3v) is 5.97. The Labute approximate surface area is 220 Å². The zero-order valence-corrected chi connectivity index (χ0v) is 21.1. The van der Waals surface area contributed by atoms with E-state index in [0.717, 1.165) is 22.6 Å². The molecular formula is C29H27FN6O2. The highest BCUT2D eigenvalue weighted by Crippen LogP contribution is 2.32. The second-order valence-electron chi connectivity index (χ2n) is 8.58. The Bertz CT molecular complexity index is 1470. The van der Waals surface area contributed by atoms with Crippen LogP contribution in [0, 0.1) is 5.82 Å². The van der Waals surface area contributed by atoms with Gasteiger partial charge in [-0.1, -0.05) is 35.5 Å². The number of anilines is 1. The van der Waals surface area contributed by atoms with Crippen molar-refractivity contribution >= 4 is 5.95 Å². The highest BCUT2D eigenvalue weighted by molar-refractivity contribution is 5.77. The molecule has 1 unspecified atom stereocenters. The SMILES string of the molecule is COCCOc1ccc(-n2nnc(-c3ccc(F)cc3)c2-c2ccnc(NC(C)c3ccccc3)n2)cc1. The van der Waals surface area contributed by atoms with Crippen molar-refractivity contribution in [2.75, 3.05) is 25.6 Å². The van der Waals surface area contributed by atoms with Gasteiger partial charge in [0.1, 0.15) is 29.6 Å². The highest BCUT2D eigenvalue weighted by Gasteiger charge is 2.20. The molecule has 8 nitrogen and oxygen atoms in total. The lowest BCUT2D eigenvalue weighted by Crippen LogP contribution is -2.10. The van der Waals surface area contributed by atoms with Gasteiger partial charge in [-0.05, 0) is 67.1 Å². The molecule has 3 aromatic carbocycles. The molecule has 0 radical (unpaired) electrons. The largest absolute Gasteiger partial charge is 0.491 e. The lowest BCUT2D eigenvalue weighted by molar-refractivity contribution is 0.146. The van der Waals surface area contributed by atoms with Crippen molar-refractivity contribution in [1.82, 2.24) is 25.0 Å². The van der Waals surface area contributed by atoms with E-state index in [4.69, 9.17) is 14.5 Å². The number of halogens is 1. The van der Waals surface area contributed by atoms with Crippen LogP contribution in [0.1, 0.15) is 18.5 Å². The predicted octanol–water partition coefficient (Wildman–Crippen LogP) is 5.73. The van der Waals surface area contributed by atoms with E-state index >= 15 is 0 Å². The lowest BCUT2D eigenvalue weighted by Gasteiger charge is -2.15. The molecule has 0 amide bonds. The van der Waals surface area contributed by atoms with Crippen molar-refractivity contribution in [2.45, 2.75) is 13.0 Å². The van der Waals surface area contributed by atoms with E-state index in [1.165, 1.54) is 12.1 Å². The number of methoxy groups -OCH3 is 1. The van der Waals surface area contributed by atoms with E-state index in [0.29, 0.717) is 36.2 Å². The smallest absolute Gasteiger partial charge is 0.223 e. The third-order valence-electron chi connectivity index (χ3n) is 5.97. The van der Waals surface area contributed by atoms with Crippen molar-refractivity contribution < 1.29 is 13.9 Å². The van der Waals surface area contributed by atoms with Crippen molar-refractivity contribution in [2.24, 2.45) is 0 Å². The predicted molar refractivity (Wildman–Crippen MR) is 144 cm³/mol. The van der Waals surface area contributed by atoms with Crippen molar-refractivity contribution in [3.8, 4) is 34.1 Å². The molecule has 0 aliphatic carbocycles. The average Bonchev–Trinajstić information content (AvgIpc) is 3.40. The molecule has 2 heterocycles. The van der Waals surface area contributed by atoms with Gasteiger partial charge in [-0.2, -0.15) is 0 Å². The summed E-state index contributed by atoms with van der Waals surface area (Å²) in [6, 6.07) is 25.6. The number of hydrogen-bond donors (Lipinski definition) is 1. The van der Waals surface area contributed by atoms with E-state index in [1.807, 2.05) is 48.5 Å². The number of nitrogens with zero attached hydrogens (tertiary/aromatic N) is 5. The topological polar surface area (TPSA) is 87.0 Å². The monoisotopic (exact) mass is 510 g/mol. The zero-order chi connectivity index (χ0) is 26.3.